The summed E-state index contributed by atoms with van der Waals surface area (Å²) in [5.74, 6) is 0. The van der Waals surface area contributed by atoms with Crippen LogP contribution in [0.25, 0.3) is 11.0 Å². The number of rotatable bonds is 5. The van der Waals surface area contributed by atoms with Crippen molar-refractivity contribution in [2.75, 3.05) is 7.05 Å². The SMILES string of the molecule is CNCc1cn(Cc2ccc(CO)cc2)c2ncccc12. The summed E-state index contributed by atoms with van der Waals surface area (Å²) in [4.78, 5) is 4.51. The summed E-state index contributed by atoms with van der Waals surface area (Å²) in [7, 11) is 1.95. The molecule has 0 amide bonds. The molecule has 21 heavy (non-hydrogen) atoms. The van der Waals surface area contributed by atoms with E-state index in [4.69, 9.17) is 5.11 Å². The molecule has 0 aliphatic rings. The standard InChI is InChI=1S/C17H19N3O/c1-18-9-15-11-20(17-16(15)3-2-8-19-17)10-13-4-6-14(12-21)7-5-13/h2-8,11,18,21H,9-10,12H2,1H3. The van der Waals surface area contributed by atoms with Crippen molar-refractivity contribution >= 4 is 11.0 Å². The fraction of sp³-hybridized carbons (Fsp3) is 0.235. The van der Waals surface area contributed by atoms with Gasteiger partial charge in [0.2, 0.25) is 0 Å². The third kappa shape index (κ3) is 2.82. The van der Waals surface area contributed by atoms with Gasteiger partial charge in [0.05, 0.1) is 6.61 Å². The first-order chi connectivity index (χ1) is 10.3. The Labute approximate surface area is 124 Å². The van der Waals surface area contributed by atoms with Crippen molar-refractivity contribution in [2.45, 2.75) is 19.7 Å². The lowest BCUT2D eigenvalue weighted by atomic mass is 10.1. The highest BCUT2D eigenvalue weighted by atomic mass is 16.3. The van der Waals surface area contributed by atoms with Crippen molar-refractivity contribution in [1.29, 1.82) is 0 Å². The lowest BCUT2D eigenvalue weighted by Gasteiger charge is -2.05. The van der Waals surface area contributed by atoms with Crippen LogP contribution >= 0.6 is 0 Å². The van der Waals surface area contributed by atoms with E-state index in [9.17, 15) is 0 Å². The molecule has 0 saturated heterocycles. The minimum Gasteiger partial charge on any atom is -0.392 e. The Morgan fingerprint density at radius 3 is 2.62 bits per heavy atom. The third-order valence-electron chi connectivity index (χ3n) is 3.64. The van der Waals surface area contributed by atoms with Crippen molar-refractivity contribution in [1.82, 2.24) is 14.9 Å². The van der Waals surface area contributed by atoms with Gasteiger partial charge in [-0.3, -0.25) is 0 Å². The number of aromatic nitrogens is 2. The maximum Gasteiger partial charge on any atom is 0.140 e. The Hall–Kier alpha value is -2.17. The van der Waals surface area contributed by atoms with E-state index in [2.05, 4.69) is 39.3 Å². The van der Waals surface area contributed by atoms with Gasteiger partial charge in [0.25, 0.3) is 0 Å². The van der Waals surface area contributed by atoms with E-state index in [1.54, 1.807) is 0 Å². The minimum absolute atomic E-state index is 0.0839. The highest BCUT2D eigenvalue weighted by molar-refractivity contribution is 5.80. The van der Waals surface area contributed by atoms with Gasteiger partial charge in [-0.15, -0.1) is 0 Å². The van der Waals surface area contributed by atoms with E-state index >= 15 is 0 Å². The molecule has 2 aromatic heterocycles. The summed E-state index contributed by atoms with van der Waals surface area (Å²) in [6, 6.07) is 12.1. The van der Waals surface area contributed by atoms with E-state index in [0.29, 0.717) is 0 Å². The molecule has 1 aromatic carbocycles. The van der Waals surface area contributed by atoms with Crippen LogP contribution in [0.1, 0.15) is 16.7 Å². The van der Waals surface area contributed by atoms with Gasteiger partial charge >= 0.3 is 0 Å². The Morgan fingerprint density at radius 2 is 1.90 bits per heavy atom. The van der Waals surface area contributed by atoms with Crippen molar-refractivity contribution in [3.05, 3.63) is 65.5 Å². The van der Waals surface area contributed by atoms with Gasteiger partial charge in [-0.1, -0.05) is 24.3 Å². The first-order valence-electron chi connectivity index (χ1n) is 7.08. The number of pyridine rings is 1. The molecule has 0 atom stereocenters. The van der Waals surface area contributed by atoms with Gasteiger partial charge in [-0.25, -0.2) is 4.98 Å². The van der Waals surface area contributed by atoms with Gasteiger partial charge in [0.15, 0.2) is 0 Å². The van der Waals surface area contributed by atoms with Gasteiger partial charge in [-0.2, -0.15) is 0 Å². The number of hydrogen-bond acceptors (Lipinski definition) is 3. The largest absolute Gasteiger partial charge is 0.392 e. The topological polar surface area (TPSA) is 50.1 Å². The maximum atomic E-state index is 9.10. The Balaban J connectivity index is 1.95. The van der Waals surface area contributed by atoms with E-state index in [1.165, 1.54) is 16.5 Å². The van der Waals surface area contributed by atoms with E-state index < -0.39 is 0 Å². The number of fused-ring (bicyclic) bond motifs is 1. The molecular formula is C17H19N3O. The van der Waals surface area contributed by atoms with Crippen molar-refractivity contribution < 1.29 is 5.11 Å². The zero-order valence-electron chi connectivity index (χ0n) is 12.1. The van der Waals surface area contributed by atoms with E-state index in [1.807, 2.05) is 31.4 Å². The lowest BCUT2D eigenvalue weighted by molar-refractivity contribution is 0.282. The smallest absolute Gasteiger partial charge is 0.140 e. The fourth-order valence-electron chi connectivity index (χ4n) is 2.59. The van der Waals surface area contributed by atoms with Crippen LogP contribution in [-0.4, -0.2) is 21.7 Å². The van der Waals surface area contributed by atoms with Gasteiger partial charge in [0.1, 0.15) is 5.65 Å². The molecule has 0 radical (unpaired) electrons. The van der Waals surface area contributed by atoms with Crippen LogP contribution in [-0.2, 0) is 19.7 Å². The van der Waals surface area contributed by atoms with E-state index in [0.717, 1.165) is 24.3 Å². The average molecular weight is 281 g/mol. The predicted molar refractivity (Wildman–Crippen MR) is 84.0 cm³/mol. The predicted octanol–water partition coefficient (Wildman–Crippen LogP) is 2.30. The molecule has 0 bridgehead atoms. The summed E-state index contributed by atoms with van der Waals surface area (Å²) in [6.45, 7) is 1.70. The molecule has 0 unspecified atom stereocenters. The van der Waals surface area contributed by atoms with Crippen molar-refractivity contribution in [3.63, 3.8) is 0 Å². The molecule has 0 saturated carbocycles. The second-order valence-electron chi connectivity index (χ2n) is 5.16. The fourth-order valence-corrected chi connectivity index (χ4v) is 2.59. The molecule has 2 heterocycles. The Kier molecular flexibility index (Phi) is 3.99. The molecule has 4 heteroatoms. The molecule has 108 valence electrons. The summed E-state index contributed by atoms with van der Waals surface area (Å²) >= 11 is 0. The minimum atomic E-state index is 0.0839. The van der Waals surface area contributed by atoms with Crippen LogP contribution < -0.4 is 5.32 Å². The average Bonchev–Trinajstić information content (AvgIpc) is 2.87. The lowest BCUT2D eigenvalue weighted by Crippen LogP contribution is -2.04. The van der Waals surface area contributed by atoms with Crippen LogP contribution in [0, 0.1) is 0 Å². The number of hydrogen-bond donors (Lipinski definition) is 2. The van der Waals surface area contributed by atoms with Gasteiger partial charge in [-0.05, 0) is 35.9 Å². The Bertz CT molecular complexity index is 731. The van der Waals surface area contributed by atoms with Crippen molar-refractivity contribution in [3.8, 4) is 0 Å². The molecule has 0 aliphatic heterocycles. The molecular weight excluding hydrogens is 262 g/mol. The molecule has 4 nitrogen and oxygen atoms in total. The molecule has 3 aromatic rings. The van der Waals surface area contributed by atoms with Crippen LogP contribution in [0.2, 0.25) is 0 Å². The second-order valence-corrected chi connectivity index (χ2v) is 5.16. The number of aliphatic hydroxyl groups excluding tert-OH is 1. The molecule has 2 N–H and O–H groups in total. The summed E-state index contributed by atoms with van der Waals surface area (Å²) in [5.41, 5.74) is 4.40. The first kappa shape index (κ1) is 13.8. The quantitative estimate of drug-likeness (QED) is 0.754. The third-order valence-corrected chi connectivity index (χ3v) is 3.64. The molecule has 3 rings (SSSR count). The monoisotopic (exact) mass is 281 g/mol. The summed E-state index contributed by atoms with van der Waals surface area (Å²) in [6.07, 6.45) is 3.99. The molecule has 0 spiro atoms. The van der Waals surface area contributed by atoms with Crippen LogP contribution in [0.4, 0.5) is 0 Å². The number of aliphatic hydroxyl groups is 1. The van der Waals surface area contributed by atoms with Gasteiger partial charge < -0.3 is 15.0 Å². The summed E-state index contributed by atoms with van der Waals surface area (Å²) in [5, 5.41) is 13.5. The first-order valence-corrected chi connectivity index (χ1v) is 7.08. The van der Waals surface area contributed by atoms with Gasteiger partial charge in [0, 0.05) is 30.9 Å². The number of nitrogens with one attached hydrogen (secondary N) is 1. The Morgan fingerprint density at radius 1 is 1.14 bits per heavy atom. The number of benzene rings is 1. The van der Waals surface area contributed by atoms with Crippen LogP contribution in [0.5, 0.6) is 0 Å². The van der Waals surface area contributed by atoms with Crippen molar-refractivity contribution in [2.24, 2.45) is 0 Å². The van der Waals surface area contributed by atoms with Crippen LogP contribution in [0.15, 0.2) is 48.8 Å². The van der Waals surface area contributed by atoms with Crippen LogP contribution in [0.3, 0.4) is 0 Å². The zero-order valence-corrected chi connectivity index (χ0v) is 12.1. The maximum absolute atomic E-state index is 9.10. The summed E-state index contributed by atoms with van der Waals surface area (Å²) < 4.78 is 2.18. The highest BCUT2D eigenvalue weighted by Gasteiger charge is 2.08. The highest BCUT2D eigenvalue weighted by Crippen LogP contribution is 2.20. The zero-order chi connectivity index (χ0) is 14.7. The molecule has 0 aliphatic carbocycles. The van der Waals surface area contributed by atoms with E-state index in [-0.39, 0.29) is 6.61 Å². The normalized spacial score (nSPS) is 11.1. The molecule has 0 fully saturated rings. The number of nitrogens with zero attached hydrogens (tertiary/aromatic N) is 2. The second kappa shape index (κ2) is 6.08.